The van der Waals surface area contributed by atoms with Gasteiger partial charge in [-0.05, 0) is 84.3 Å². The van der Waals surface area contributed by atoms with Crippen molar-refractivity contribution in [2.24, 2.45) is 5.92 Å². The number of rotatable bonds is 10. The van der Waals surface area contributed by atoms with Crippen molar-refractivity contribution in [2.45, 2.75) is 127 Å². The van der Waals surface area contributed by atoms with Crippen LogP contribution < -0.4 is 30.1 Å². The van der Waals surface area contributed by atoms with Crippen LogP contribution in [0.2, 0.25) is 0 Å². The molecule has 4 heterocycles. The van der Waals surface area contributed by atoms with Crippen molar-refractivity contribution >= 4 is 74.7 Å². The number of hydrogen-bond acceptors (Lipinski definition) is 13. The minimum absolute atomic E-state index is 0. The third kappa shape index (κ3) is 10.7. The number of thiazole rings is 1. The molecule has 4 amide bonds. The van der Waals surface area contributed by atoms with Gasteiger partial charge in [-0.15, -0.1) is 11.3 Å². The second-order valence-corrected chi connectivity index (χ2v) is 19.3. The second-order valence-electron chi connectivity index (χ2n) is 16.7. The lowest BCUT2D eigenvalue weighted by atomic mass is 10.0. The lowest BCUT2D eigenvalue weighted by Gasteiger charge is -2.30. The minimum Gasteiger partial charge on any atom is -0.496 e. The van der Waals surface area contributed by atoms with E-state index in [0.29, 0.717) is 53.1 Å². The highest BCUT2D eigenvalue weighted by Gasteiger charge is 2.61. The van der Waals surface area contributed by atoms with Gasteiger partial charge in [-0.2, -0.15) is 13.5 Å². The number of allylic oxidation sites excluding steroid dienone is 1. The topological polar surface area (TPSA) is 207 Å². The first-order valence-corrected chi connectivity index (χ1v) is 23.6. The number of aromatic nitrogens is 2. The number of alkyl carbamates (subject to hydrolysis) is 1. The van der Waals surface area contributed by atoms with Gasteiger partial charge in [0, 0.05) is 40.8 Å². The van der Waals surface area contributed by atoms with Crippen molar-refractivity contribution < 1.29 is 41.8 Å². The van der Waals surface area contributed by atoms with Crippen molar-refractivity contribution in [3.63, 3.8) is 0 Å². The van der Waals surface area contributed by atoms with Crippen LogP contribution in [0.15, 0.2) is 35.7 Å². The van der Waals surface area contributed by atoms with E-state index in [2.05, 4.69) is 20.7 Å². The Hall–Kier alpha value is -4.62. The van der Waals surface area contributed by atoms with E-state index >= 15 is 0 Å². The van der Waals surface area contributed by atoms with Crippen molar-refractivity contribution in [3.8, 4) is 22.9 Å². The molecule has 61 heavy (non-hydrogen) atoms. The van der Waals surface area contributed by atoms with Gasteiger partial charge in [0.1, 0.15) is 47.0 Å². The van der Waals surface area contributed by atoms with Gasteiger partial charge in [0.25, 0.3) is 5.91 Å². The smallest absolute Gasteiger partial charge is 0.408 e. The summed E-state index contributed by atoms with van der Waals surface area (Å²) in [5.74, 6) is -1.31. The molecular formula is C42H57N7O9S3. The Morgan fingerprint density at radius 1 is 1.02 bits per heavy atom. The van der Waals surface area contributed by atoms with E-state index in [4.69, 9.17) is 24.2 Å². The Kier molecular flexibility index (Phi) is 14.4. The molecule has 4 aliphatic rings. The predicted molar refractivity (Wildman–Crippen MR) is 238 cm³/mol. The number of carbonyl (C=O) groups is 4. The fourth-order valence-corrected chi connectivity index (χ4v) is 9.84. The van der Waals surface area contributed by atoms with Crippen molar-refractivity contribution in [1.29, 1.82) is 0 Å². The molecule has 332 valence electrons. The van der Waals surface area contributed by atoms with E-state index < -0.39 is 63.5 Å². The summed E-state index contributed by atoms with van der Waals surface area (Å²) in [7, 11) is -2.36. The van der Waals surface area contributed by atoms with Crippen LogP contribution >= 0.6 is 24.8 Å². The number of pyridine rings is 1. The van der Waals surface area contributed by atoms with Gasteiger partial charge < -0.3 is 35.1 Å². The quantitative estimate of drug-likeness (QED) is 0.187. The fourth-order valence-electron chi connectivity index (χ4n) is 8.47. The second kappa shape index (κ2) is 19.2. The normalized spacial score (nSPS) is 25.2. The summed E-state index contributed by atoms with van der Waals surface area (Å²) >= 11 is 1.46. The van der Waals surface area contributed by atoms with Gasteiger partial charge in [0.2, 0.25) is 21.8 Å². The summed E-state index contributed by atoms with van der Waals surface area (Å²) < 4.78 is 44.6. The number of aryl methyl sites for hydroxylation is 1. The van der Waals surface area contributed by atoms with Gasteiger partial charge in [0.05, 0.1) is 31.1 Å². The molecule has 4 N–H and O–H groups in total. The van der Waals surface area contributed by atoms with Crippen LogP contribution in [-0.2, 0) is 29.1 Å². The maximum Gasteiger partial charge on any atom is 0.408 e. The lowest BCUT2D eigenvalue weighted by molar-refractivity contribution is -0.141. The van der Waals surface area contributed by atoms with Crippen LogP contribution in [0.25, 0.3) is 22.3 Å². The number of methoxy groups -OCH3 is 1. The molecule has 7 rings (SSSR count). The van der Waals surface area contributed by atoms with E-state index in [0.717, 1.165) is 55.5 Å². The van der Waals surface area contributed by atoms with Gasteiger partial charge in [-0.3, -0.25) is 19.1 Å². The largest absolute Gasteiger partial charge is 0.496 e. The Bertz CT molecular complexity index is 2260. The standard InChI is InChI=1S/C42H55N7O9S2.H2S/c1-24(2)43-40-45-32(23-59-40)31-20-35(29-17-18-34(56-4)25(3)36(29)44-31)57-28-19-33-37(50)47-42(39(52)48-60(5,54)55)21-26(42)13-9-7-6-8-10-16-30(38(51)49(33)22-28)46-41(53)58-27-14-11-12-15-27;/h9,13,17-18,20,23-24,26-28,30,33H,6-8,10-12,14-16,19,21-22H2,1-5H3,(H,43,45)(H,46,53)(H,47,50)(H,48,52);1H2/b13-9-;/t26?,28-,30+,33+,42-;/m1./s1. The SMILES string of the molecule is COc1ccc2c(O[C@@H]3C[C@H]4C(=O)N[C@]5(C(=O)NS(C)(=O)=O)CC5/C=C\CCCCC[C@H](NC(=O)OC5CCCC5)C(=O)N4C3)cc(-c3csc(NC(C)C)n3)nc2c1C.S. The third-order valence-electron chi connectivity index (χ3n) is 11.6. The van der Waals surface area contributed by atoms with Gasteiger partial charge in [-0.25, -0.2) is 23.2 Å². The molecule has 2 aliphatic carbocycles. The minimum atomic E-state index is -3.95. The molecular weight excluding hydrogens is 843 g/mol. The van der Waals surface area contributed by atoms with Crippen LogP contribution in [0.3, 0.4) is 0 Å². The first-order chi connectivity index (χ1) is 28.6. The van der Waals surface area contributed by atoms with E-state index in [-0.39, 0.29) is 45.0 Å². The molecule has 2 aliphatic heterocycles. The molecule has 2 aromatic heterocycles. The maximum atomic E-state index is 14.7. The summed E-state index contributed by atoms with van der Waals surface area (Å²) in [5.41, 5.74) is 1.08. The monoisotopic (exact) mass is 899 g/mol. The summed E-state index contributed by atoms with van der Waals surface area (Å²) in [5, 5.41) is 12.4. The van der Waals surface area contributed by atoms with Crippen LogP contribution in [0.1, 0.15) is 90.0 Å². The van der Waals surface area contributed by atoms with E-state index in [9.17, 15) is 27.6 Å². The lowest BCUT2D eigenvalue weighted by Crippen LogP contribution is -2.58. The molecule has 0 radical (unpaired) electrons. The van der Waals surface area contributed by atoms with E-state index in [1.807, 2.05) is 50.4 Å². The van der Waals surface area contributed by atoms with Gasteiger partial charge in [0.15, 0.2) is 5.13 Å². The number of carbonyl (C=O) groups excluding carboxylic acids is 4. The number of nitrogens with zero attached hydrogens (tertiary/aromatic N) is 3. The molecule has 3 fully saturated rings. The molecule has 5 atom stereocenters. The Labute approximate surface area is 367 Å². The fraction of sp³-hybridized carbons (Fsp3) is 0.571. The first kappa shape index (κ1) is 45.9. The van der Waals surface area contributed by atoms with E-state index in [1.54, 1.807) is 13.2 Å². The van der Waals surface area contributed by atoms with Crippen LogP contribution in [0.4, 0.5) is 9.93 Å². The van der Waals surface area contributed by atoms with Gasteiger partial charge in [-0.1, -0.05) is 25.0 Å². The molecule has 3 aromatic rings. The average Bonchev–Trinajstić information content (AvgIpc) is 3.61. The van der Waals surface area contributed by atoms with Crippen molar-refractivity contribution in [1.82, 2.24) is 30.2 Å². The van der Waals surface area contributed by atoms with Crippen LogP contribution in [0.5, 0.6) is 11.5 Å². The molecule has 0 spiro atoms. The number of nitrogens with one attached hydrogen (secondary N) is 4. The number of anilines is 1. The van der Waals surface area contributed by atoms with Crippen molar-refractivity contribution in [3.05, 3.63) is 41.3 Å². The highest BCUT2D eigenvalue weighted by Crippen LogP contribution is 2.46. The number of benzene rings is 1. The van der Waals surface area contributed by atoms with E-state index in [1.165, 1.54) is 16.2 Å². The molecule has 16 nitrogen and oxygen atoms in total. The molecule has 1 unspecified atom stereocenters. The Balaban J connectivity index is 0.00000622. The molecule has 1 saturated heterocycles. The van der Waals surface area contributed by atoms with Crippen molar-refractivity contribution in [2.75, 3.05) is 25.2 Å². The molecule has 0 bridgehead atoms. The van der Waals surface area contributed by atoms with Crippen LogP contribution in [0, 0.1) is 12.8 Å². The molecule has 19 heteroatoms. The Morgan fingerprint density at radius 2 is 1.77 bits per heavy atom. The number of hydrogen-bond donors (Lipinski definition) is 4. The predicted octanol–water partition coefficient (Wildman–Crippen LogP) is 5.47. The number of fused-ring (bicyclic) bond motifs is 3. The summed E-state index contributed by atoms with van der Waals surface area (Å²) in [6.07, 6.45) is 9.92. The molecule has 2 saturated carbocycles. The third-order valence-corrected chi connectivity index (χ3v) is 13.0. The highest BCUT2D eigenvalue weighted by atomic mass is 32.2. The number of sulfonamides is 1. The van der Waals surface area contributed by atoms with Gasteiger partial charge >= 0.3 is 6.09 Å². The molecule has 1 aromatic carbocycles. The first-order valence-electron chi connectivity index (χ1n) is 20.8. The summed E-state index contributed by atoms with van der Waals surface area (Å²) in [4.78, 5) is 67.3. The number of ether oxygens (including phenoxy) is 3. The highest BCUT2D eigenvalue weighted by molar-refractivity contribution is 7.89. The average molecular weight is 900 g/mol. The Morgan fingerprint density at radius 3 is 2.49 bits per heavy atom. The summed E-state index contributed by atoms with van der Waals surface area (Å²) in [6.45, 7) is 5.95. The maximum absolute atomic E-state index is 14.7. The number of amides is 4. The zero-order valence-electron chi connectivity index (χ0n) is 35.2. The zero-order chi connectivity index (χ0) is 42.8. The summed E-state index contributed by atoms with van der Waals surface area (Å²) in [6, 6.07) is 3.54. The zero-order valence-corrected chi connectivity index (χ0v) is 37.9. The van der Waals surface area contributed by atoms with Crippen LogP contribution in [-0.4, -0.2) is 103 Å².